The zero-order chi connectivity index (χ0) is 24.3. The van der Waals surface area contributed by atoms with Crippen LogP contribution in [0.1, 0.15) is 41.5 Å². The first-order valence-electron chi connectivity index (χ1n) is 11.7. The van der Waals surface area contributed by atoms with Crippen LogP contribution in [0.5, 0.6) is 0 Å². The Morgan fingerprint density at radius 3 is 2.09 bits per heavy atom. The summed E-state index contributed by atoms with van der Waals surface area (Å²) >= 11 is 0. The summed E-state index contributed by atoms with van der Waals surface area (Å²) < 4.78 is 28.7. The molecule has 0 saturated carbocycles. The quantitative estimate of drug-likeness (QED) is 0.496. The van der Waals surface area contributed by atoms with Gasteiger partial charge in [0.15, 0.2) is 0 Å². The average molecular weight is 478 g/mol. The molecular formula is C27H31N3O3S. The predicted octanol–water partition coefficient (Wildman–Crippen LogP) is 4.69. The lowest BCUT2D eigenvalue weighted by molar-refractivity contribution is 0.0693. The number of benzene rings is 3. The molecule has 6 nitrogen and oxygen atoms in total. The standard InChI is InChI=1S/C27H31N3O3S/c1-4-28(5-2)24-17-15-22(16-18-24)26-29(27(31)23-13-11-21(3)12-14-23)19-20-30(26)34(32,33)25-9-7-6-8-10-25/h6-18,26H,4-5,19-20H2,1-3H3. The van der Waals surface area contributed by atoms with Crippen molar-refractivity contribution in [1.29, 1.82) is 0 Å². The van der Waals surface area contributed by atoms with E-state index in [0.29, 0.717) is 12.1 Å². The number of hydrogen-bond acceptors (Lipinski definition) is 4. The molecule has 1 saturated heterocycles. The summed E-state index contributed by atoms with van der Waals surface area (Å²) in [6.07, 6.45) is -0.718. The highest BCUT2D eigenvalue weighted by molar-refractivity contribution is 7.89. The van der Waals surface area contributed by atoms with Crippen molar-refractivity contribution in [2.45, 2.75) is 31.8 Å². The van der Waals surface area contributed by atoms with Gasteiger partial charge >= 0.3 is 0 Å². The number of amides is 1. The second kappa shape index (κ2) is 9.99. The van der Waals surface area contributed by atoms with Gasteiger partial charge in [0.25, 0.3) is 5.91 Å². The number of carbonyl (C=O) groups excluding carboxylic acids is 1. The normalized spacial score (nSPS) is 16.6. The lowest BCUT2D eigenvalue weighted by Crippen LogP contribution is -2.38. The first-order valence-corrected chi connectivity index (χ1v) is 13.1. The monoisotopic (exact) mass is 477 g/mol. The smallest absolute Gasteiger partial charge is 0.255 e. The van der Waals surface area contributed by atoms with Crippen LogP contribution in [0.3, 0.4) is 0 Å². The molecular weight excluding hydrogens is 446 g/mol. The fourth-order valence-electron chi connectivity index (χ4n) is 4.45. The molecule has 34 heavy (non-hydrogen) atoms. The van der Waals surface area contributed by atoms with Gasteiger partial charge in [-0.15, -0.1) is 0 Å². The maximum atomic E-state index is 13.6. The minimum absolute atomic E-state index is 0.177. The van der Waals surface area contributed by atoms with Crippen molar-refractivity contribution >= 4 is 21.6 Å². The van der Waals surface area contributed by atoms with Gasteiger partial charge in [-0.1, -0.05) is 48.0 Å². The topological polar surface area (TPSA) is 60.9 Å². The Bertz CT molecular complexity index is 1220. The van der Waals surface area contributed by atoms with Crippen molar-refractivity contribution in [1.82, 2.24) is 9.21 Å². The maximum Gasteiger partial charge on any atom is 0.255 e. The molecule has 1 unspecified atom stereocenters. The van der Waals surface area contributed by atoms with E-state index in [1.807, 2.05) is 43.3 Å². The van der Waals surface area contributed by atoms with Gasteiger partial charge < -0.3 is 9.80 Å². The minimum Gasteiger partial charge on any atom is -0.372 e. The van der Waals surface area contributed by atoms with Crippen LogP contribution >= 0.6 is 0 Å². The van der Waals surface area contributed by atoms with Crippen LogP contribution in [0.15, 0.2) is 83.8 Å². The van der Waals surface area contributed by atoms with E-state index in [4.69, 9.17) is 0 Å². The first-order chi connectivity index (χ1) is 16.4. The van der Waals surface area contributed by atoms with Crippen molar-refractivity contribution in [2.75, 3.05) is 31.1 Å². The highest BCUT2D eigenvalue weighted by Gasteiger charge is 2.43. The molecule has 1 heterocycles. The van der Waals surface area contributed by atoms with Gasteiger partial charge in [-0.2, -0.15) is 4.31 Å². The van der Waals surface area contributed by atoms with Crippen LogP contribution < -0.4 is 4.90 Å². The second-order valence-corrected chi connectivity index (χ2v) is 10.3. The van der Waals surface area contributed by atoms with Gasteiger partial charge in [-0.25, -0.2) is 8.42 Å². The van der Waals surface area contributed by atoms with Crippen LogP contribution in [0.4, 0.5) is 5.69 Å². The zero-order valence-corrected chi connectivity index (χ0v) is 20.7. The van der Waals surface area contributed by atoms with Gasteiger partial charge in [-0.3, -0.25) is 4.79 Å². The number of hydrogen-bond donors (Lipinski definition) is 0. The summed E-state index contributed by atoms with van der Waals surface area (Å²) in [5, 5.41) is 0. The van der Waals surface area contributed by atoms with Crippen molar-refractivity contribution in [3.05, 3.63) is 95.6 Å². The third-order valence-corrected chi connectivity index (χ3v) is 8.23. The molecule has 1 fully saturated rings. The van der Waals surface area contributed by atoms with Crippen molar-refractivity contribution in [2.24, 2.45) is 0 Å². The third-order valence-electron chi connectivity index (χ3n) is 6.36. The Morgan fingerprint density at radius 2 is 1.50 bits per heavy atom. The van der Waals surface area contributed by atoms with E-state index in [0.717, 1.165) is 29.9 Å². The van der Waals surface area contributed by atoms with Crippen molar-refractivity contribution in [3.8, 4) is 0 Å². The van der Waals surface area contributed by atoms with Gasteiger partial charge in [0, 0.05) is 37.4 Å². The van der Waals surface area contributed by atoms with E-state index < -0.39 is 16.2 Å². The van der Waals surface area contributed by atoms with Crippen LogP contribution in [0.2, 0.25) is 0 Å². The molecule has 0 aliphatic carbocycles. The van der Waals surface area contributed by atoms with Crippen LogP contribution in [0.25, 0.3) is 0 Å². The van der Waals surface area contributed by atoms with Gasteiger partial charge in [0.05, 0.1) is 4.90 Å². The molecule has 0 aromatic heterocycles. The van der Waals surface area contributed by atoms with Crippen molar-refractivity contribution in [3.63, 3.8) is 0 Å². The number of aryl methyl sites for hydroxylation is 1. The Morgan fingerprint density at radius 1 is 0.882 bits per heavy atom. The van der Waals surface area contributed by atoms with E-state index in [2.05, 4.69) is 18.7 Å². The summed E-state index contributed by atoms with van der Waals surface area (Å²) in [5.74, 6) is -0.177. The third kappa shape index (κ3) is 4.58. The fourth-order valence-corrected chi connectivity index (χ4v) is 6.04. The summed E-state index contributed by atoms with van der Waals surface area (Å²) in [5.41, 5.74) is 3.46. The molecule has 4 rings (SSSR count). The van der Waals surface area contributed by atoms with E-state index in [1.165, 1.54) is 4.31 Å². The highest BCUT2D eigenvalue weighted by Crippen LogP contribution is 2.36. The number of carbonyl (C=O) groups is 1. The lowest BCUT2D eigenvalue weighted by Gasteiger charge is -2.31. The van der Waals surface area contributed by atoms with Gasteiger partial charge in [0.2, 0.25) is 10.0 Å². The Kier molecular flexibility index (Phi) is 7.05. The zero-order valence-electron chi connectivity index (χ0n) is 19.9. The summed E-state index contributed by atoms with van der Waals surface area (Å²) in [4.78, 5) is 17.6. The van der Waals surface area contributed by atoms with E-state index in [9.17, 15) is 13.2 Å². The van der Waals surface area contributed by atoms with E-state index in [-0.39, 0.29) is 17.3 Å². The molecule has 3 aromatic carbocycles. The summed E-state index contributed by atoms with van der Waals surface area (Å²) in [7, 11) is -3.80. The Hall–Kier alpha value is -3.16. The first kappa shape index (κ1) is 24.0. The lowest BCUT2D eigenvalue weighted by atomic mass is 10.1. The summed E-state index contributed by atoms with van der Waals surface area (Å²) in [6.45, 7) is 8.49. The van der Waals surface area contributed by atoms with Crippen molar-refractivity contribution < 1.29 is 13.2 Å². The molecule has 1 atom stereocenters. The molecule has 7 heteroatoms. The number of nitrogens with zero attached hydrogens (tertiary/aromatic N) is 3. The molecule has 0 spiro atoms. The Labute approximate surface area is 202 Å². The number of anilines is 1. The second-order valence-electron chi connectivity index (χ2n) is 8.43. The molecule has 0 N–H and O–H groups in total. The van der Waals surface area contributed by atoms with Crippen LogP contribution in [-0.4, -0.2) is 49.7 Å². The molecule has 3 aromatic rings. The van der Waals surface area contributed by atoms with Crippen LogP contribution in [0, 0.1) is 6.92 Å². The molecule has 0 bridgehead atoms. The predicted molar refractivity (Wildman–Crippen MR) is 135 cm³/mol. The maximum absolute atomic E-state index is 13.6. The van der Waals surface area contributed by atoms with Crippen LogP contribution in [-0.2, 0) is 10.0 Å². The highest BCUT2D eigenvalue weighted by atomic mass is 32.2. The van der Waals surface area contributed by atoms with E-state index in [1.54, 1.807) is 47.4 Å². The molecule has 1 aliphatic heterocycles. The molecule has 178 valence electrons. The Balaban J connectivity index is 1.75. The number of sulfonamides is 1. The summed E-state index contributed by atoms with van der Waals surface area (Å²) in [6, 6.07) is 23.7. The molecule has 1 amide bonds. The largest absolute Gasteiger partial charge is 0.372 e. The molecule has 1 aliphatic rings. The molecule has 0 radical (unpaired) electrons. The SMILES string of the molecule is CCN(CC)c1ccc(C2N(C(=O)c3ccc(C)cc3)CCN2S(=O)(=O)c2ccccc2)cc1. The average Bonchev–Trinajstić information content (AvgIpc) is 3.32. The fraction of sp³-hybridized carbons (Fsp3) is 0.296. The number of rotatable bonds is 7. The van der Waals surface area contributed by atoms with E-state index >= 15 is 0 Å². The van der Waals surface area contributed by atoms with Gasteiger partial charge in [0.1, 0.15) is 6.17 Å². The minimum atomic E-state index is -3.80. The van der Waals surface area contributed by atoms with Gasteiger partial charge in [-0.05, 0) is 62.7 Å².